The minimum Gasteiger partial charge on any atom is -0.380 e. The van der Waals surface area contributed by atoms with E-state index in [0.29, 0.717) is 5.69 Å². The molecule has 2 aromatic heterocycles. The summed E-state index contributed by atoms with van der Waals surface area (Å²) >= 11 is 5.11. The number of aromatic nitrogens is 1. The first kappa shape index (κ1) is 14.0. The molecule has 0 spiro atoms. The van der Waals surface area contributed by atoms with E-state index >= 15 is 0 Å². The number of halogens is 1. The van der Waals surface area contributed by atoms with Crippen LogP contribution in [0.5, 0.6) is 0 Å². The van der Waals surface area contributed by atoms with E-state index in [-0.39, 0.29) is 5.91 Å². The van der Waals surface area contributed by atoms with Crippen LogP contribution in [0.4, 0.5) is 5.69 Å². The molecule has 2 heterocycles. The second-order valence-corrected chi connectivity index (χ2v) is 6.13. The molecule has 2 rings (SSSR count). The molecule has 1 N–H and O–H groups in total. The molecule has 0 aliphatic rings. The van der Waals surface area contributed by atoms with Gasteiger partial charge in [0, 0.05) is 47.3 Å². The number of amides is 1. The van der Waals surface area contributed by atoms with Crippen LogP contribution in [-0.4, -0.2) is 29.9 Å². The Kier molecular flexibility index (Phi) is 4.55. The quantitative estimate of drug-likeness (QED) is 0.930. The fraction of sp³-hybridized carbons (Fsp3) is 0.231. The van der Waals surface area contributed by atoms with Gasteiger partial charge in [0.1, 0.15) is 5.69 Å². The van der Waals surface area contributed by atoms with Gasteiger partial charge in [0.25, 0.3) is 5.91 Å². The smallest absolute Gasteiger partial charge is 0.272 e. The van der Waals surface area contributed by atoms with E-state index < -0.39 is 0 Å². The molecule has 0 bridgehead atoms. The highest BCUT2D eigenvalue weighted by molar-refractivity contribution is 9.10. The molecule has 0 saturated carbocycles. The second kappa shape index (κ2) is 6.16. The maximum atomic E-state index is 11.8. The van der Waals surface area contributed by atoms with E-state index in [1.54, 1.807) is 37.7 Å². The van der Waals surface area contributed by atoms with E-state index in [4.69, 9.17) is 0 Å². The maximum absolute atomic E-state index is 11.8. The summed E-state index contributed by atoms with van der Waals surface area (Å²) in [5.74, 6) is -0.0949. The van der Waals surface area contributed by atoms with Crippen molar-refractivity contribution in [1.82, 2.24) is 9.88 Å². The molecule has 0 aromatic carbocycles. The molecule has 2 aromatic rings. The molecule has 1 amide bonds. The molecule has 19 heavy (non-hydrogen) atoms. The van der Waals surface area contributed by atoms with E-state index in [9.17, 15) is 4.79 Å². The number of pyridine rings is 1. The van der Waals surface area contributed by atoms with Crippen molar-refractivity contribution in [2.75, 3.05) is 19.4 Å². The van der Waals surface area contributed by atoms with Crippen LogP contribution in [-0.2, 0) is 6.54 Å². The predicted octanol–water partition coefficient (Wildman–Crippen LogP) is 3.22. The second-order valence-electron chi connectivity index (χ2n) is 4.21. The molecule has 0 aliphatic heterocycles. The Balaban J connectivity index is 2.05. The van der Waals surface area contributed by atoms with Crippen LogP contribution < -0.4 is 5.32 Å². The number of nitrogens with one attached hydrogen (secondary N) is 1. The summed E-state index contributed by atoms with van der Waals surface area (Å²) in [5.41, 5.74) is 1.34. The van der Waals surface area contributed by atoms with E-state index in [2.05, 4.69) is 32.3 Å². The molecule has 0 saturated heterocycles. The average Bonchev–Trinajstić information content (AvgIpc) is 2.81. The third kappa shape index (κ3) is 3.78. The summed E-state index contributed by atoms with van der Waals surface area (Å²) in [6.45, 7) is 0.732. The van der Waals surface area contributed by atoms with E-state index in [1.807, 2.05) is 11.4 Å². The normalized spacial score (nSPS) is 10.3. The SMILES string of the molecule is CN(C)C(=O)c1cc(NCc2cc(Br)cs2)ccn1. The van der Waals surface area contributed by atoms with Crippen LogP contribution in [0.15, 0.2) is 34.2 Å². The van der Waals surface area contributed by atoms with Gasteiger partial charge in [-0.15, -0.1) is 11.3 Å². The number of rotatable bonds is 4. The minimum atomic E-state index is -0.0949. The van der Waals surface area contributed by atoms with Gasteiger partial charge in [-0.05, 0) is 34.1 Å². The molecular formula is C13H14BrN3OS. The Morgan fingerprint density at radius 1 is 1.47 bits per heavy atom. The summed E-state index contributed by atoms with van der Waals surface area (Å²) in [6.07, 6.45) is 1.64. The summed E-state index contributed by atoms with van der Waals surface area (Å²) < 4.78 is 1.09. The molecule has 100 valence electrons. The monoisotopic (exact) mass is 339 g/mol. The van der Waals surface area contributed by atoms with Gasteiger partial charge in [-0.2, -0.15) is 0 Å². The highest BCUT2D eigenvalue weighted by Crippen LogP contribution is 2.21. The third-order valence-corrected chi connectivity index (χ3v) is 4.17. The Bertz CT molecular complexity index is 583. The summed E-state index contributed by atoms with van der Waals surface area (Å²) in [5, 5.41) is 5.33. The largest absolute Gasteiger partial charge is 0.380 e. The van der Waals surface area contributed by atoms with Gasteiger partial charge in [0.05, 0.1) is 0 Å². The zero-order chi connectivity index (χ0) is 13.8. The van der Waals surface area contributed by atoms with E-state index in [0.717, 1.165) is 16.7 Å². The Morgan fingerprint density at radius 2 is 2.26 bits per heavy atom. The topological polar surface area (TPSA) is 45.2 Å². The van der Waals surface area contributed by atoms with Gasteiger partial charge in [0.2, 0.25) is 0 Å². The zero-order valence-corrected chi connectivity index (χ0v) is 13.1. The summed E-state index contributed by atoms with van der Waals surface area (Å²) in [7, 11) is 3.43. The van der Waals surface area contributed by atoms with Crippen molar-refractivity contribution in [1.29, 1.82) is 0 Å². The fourth-order valence-corrected chi connectivity index (χ4v) is 2.91. The lowest BCUT2D eigenvalue weighted by atomic mass is 10.3. The van der Waals surface area contributed by atoms with Gasteiger partial charge in [-0.25, -0.2) is 0 Å². The molecule has 0 unspecified atom stereocenters. The molecule has 6 heteroatoms. The zero-order valence-electron chi connectivity index (χ0n) is 10.7. The molecule has 0 radical (unpaired) electrons. The number of anilines is 1. The lowest BCUT2D eigenvalue weighted by molar-refractivity contribution is 0.0822. The number of carbonyl (C=O) groups excluding carboxylic acids is 1. The number of carbonyl (C=O) groups is 1. The van der Waals surface area contributed by atoms with Gasteiger partial charge >= 0.3 is 0 Å². The number of nitrogens with zero attached hydrogens (tertiary/aromatic N) is 2. The van der Waals surface area contributed by atoms with Crippen molar-refractivity contribution in [2.45, 2.75) is 6.54 Å². The van der Waals surface area contributed by atoms with Crippen molar-refractivity contribution in [3.63, 3.8) is 0 Å². The lowest BCUT2D eigenvalue weighted by Gasteiger charge is -2.11. The van der Waals surface area contributed by atoms with Gasteiger partial charge in [-0.1, -0.05) is 0 Å². The number of hydrogen-bond donors (Lipinski definition) is 1. The average molecular weight is 340 g/mol. The van der Waals surface area contributed by atoms with Crippen molar-refractivity contribution in [2.24, 2.45) is 0 Å². The standard InChI is InChI=1S/C13H14BrN3OS/c1-17(2)13(18)12-6-10(3-4-15-12)16-7-11-5-9(14)8-19-11/h3-6,8H,7H2,1-2H3,(H,15,16). The minimum absolute atomic E-state index is 0.0949. The van der Waals surface area contributed by atoms with E-state index in [1.165, 1.54) is 9.78 Å². The van der Waals surface area contributed by atoms with Crippen LogP contribution in [0.1, 0.15) is 15.4 Å². The number of thiophene rings is 1. The first-order chi connectivity index (χ1) is 9.06. The highest BCUT2D eigenvalue weighted by Gasteiger charge is 2.09. The number of hydrogen-bond acceptors (Lipinski definition) is 4. The van der Waals surface area contributed by atoms with Crippen molar-refractivity contribution in [3.05, 3.63) is 44.8 Å². The lowest BCUT2D eigenvalue weighted by Crippen LogP contribution is -2.22. The van der Waals surface area contributed by atoms with Crippen LogP contribution >= 0.6 is 27.3 Å². The third-order valence-electron chi connectivity index (χ3n) is 2.47. The molecule has 0 fully saturated rings. The summed E-state index contributed by atoms with van der Waals surface area (Å²) in [4.78, 5) is 18.6. The molecule has 0 atom stereocenters. The Morgan fingerprint density at radius 3 is 2.89 bits per heavy atom. The first-order valence-corrected chi connectivity index (χ1v) is 7.38. The van der Waals surface area contributed by atoms with Crippen molar-refractivity contribution < 1.29 is 4.79 Å². The van der Waals surface area contributed by atoms with Gasteiger partial charge < -0.3 is 10.2 Å². The Hall–Kier alpha value is -1.40. The van der Waals surface area contributed by atoms with Crippen molar-refractivity contribution >= 4 is 38.9 Å². The molecule has 0 aliphatic carbocycles. The van der Waals surface area contributed by atoms with Crippen LogP contribution in [0.25, 0.3) is 0 Å². The van der Waals surface area contributed by atoms with Crippen LogP contribution in [0.3, 0.4) is 0 Å². The fourth-order valence-electron chi connectivity index (χ4n) is 1.52. The van der Waals surface area contributed by atoms with Crippen LogP contribution in [0, 0.1) is 0 Å². The predicted molar refractivity (Wildman–Crippen MR) is 81.6 cm³/mol. The maximum Gasteiger partial charge on any atom is 0.272 e. The summed E-state index contributed by atoms with van der Waals surface area (Å²) in [6, 6.07) is 5.70. The molecular weight excluding hydrogens is 326 g/mol. The van der Waals surface area contributed by atoms with Crippen molar-refractivity contribution in [3.8, 4) is 0 Å². The van der Waals surface area contributed by atoms with Gasteiger partial charge in [0.15, 0.2) is 0 Å². The first-order valence-electron chi connectivity index (χ1n) is 5.71. The van der Waals surface area contributed by atoms with Crippen LogP contribution in [0.2, 0.25) is 0 Å². The Labute approximate surface area is 124 Å². The highest BCUT2D eigenvalue weighted by atomic mass is 79.9. The molecule has 4 nitrogen and oxygen atoms in total. The van der Waals surface area contributed by atoms with Gasteiger partial charge in [-0.3, -0.25) is 9.78 Å².